The van der Waals surface area contributed by atoms with E-state index in [0.717, 1.165) is 12.4 Å². The summed E-state index contributed by atoms with van der Waals surface area (Å²) in [6.07, 6.45) is -2.97. The zero-order valence-electron chi connectivity index (χ0n) is 13.9. The SMILES string of the molecule is CCOC(=O)C(NC(=O)c1ccccc1Cl)(Nc1ncccn1)C(F)(F)F. The average molecular weight is 403 g/mol. The second-order valence-electron chi connectivity index (χ2n) is 5.10. The Balaban J connectivity index is 2.51. The molecule has 0 radical (unpaired) electrons. The molecule has 7 nitrogen and oxygen atoms in total. The van der Waals surface area contributed by atoms with E-state index in [1.807, 2.05) is 5.32 Å². The Kier molecular flexibility index (Phi) is 6.21. The van der Waals surface area contributed by atoms with Gasteiger partial charge < -0.3 is 15.4 Å². The Labute approximate surface area is 156 Å². The molecular formula is C16H14ClF3N4O3. The molecule has 0 aliphatic rings. The lowest BCUT2D eigenvalue weighted by Crippen LogP contribution is -2.69. The van der Waals surface area contributed by atoms with Gasteiger partial charge in [0.1, 0.15) is 0 Å². The highest BCUT2D eigenvalue weighted by Gasteiger charge is 2.64. The van der Waals surface area contributed by atoms with Gasteiger partial charge in [-0.2, -0.15) is 13.2 Å². The normalized spacial score (nSPS) is 13.4. The molecule has 0 aliphatic heterocycles. The molecule has 1 amide bonds. The summed E-state index contributed by atoms with van der Waals surface area (Å²) in [5.41, 5.74) is -3.88. The van der Waals surface area contributed by atoms with Crippen molar-refractivity contribution >= 4 is 29.4 Å². The van der Waals surface area contributed by atoms with Gasteiger partial charge in [-0.3, -0.25) is 4.79 Å². The van der Waals surface area contributed by atoms with Crippen molar-refractivity contribution in [2.75, 3.05) is 11.9 Å². The first-order valence-corrected chi connectivity index (χ1v) is 7.95. The number of alkyl halides is 3. The van der Waals surface area contributed by atoms with Crippen molar-refractivity contribution in [3.8, 4) is 0 Å². The number of hydrogen-bond donors (Lipinski definition) is 2. The molecule has 1 unspecified atom stereocenters. The molecular weight excluding hydrogens is 389 g/mol. The number of benzene rings is 1. The maximum atomic E-state index is 13.9. The number of carbonyl (C=O) groups is 2. The molecule has 0 saturated heterocycles. The quantitative estimate of drug-likeness (QED) is 0.570. The smallest absolute Gasteiger partial charge is 0.442 e. The molecule has 1 aromatic carbocycles. The number of esters is 1. The summed E-state index contributed by atoms with van der Waals surface area (Å²) in [6.45, 7) is 0.976. The largest absolute Gasteiger partial charge is 0.463 e. The summed E-state index contributed by atoms with van der Waals surface area (Å²) < 4.78 is 46.4. The third-order valence-electron chi connectivity index (χ3n) is 3.29. The molecule has 0 aliphatic carbocycles. The lowest BCUT2D eigenvalue weighted by molar-refractivity contribution is -0.204. The lowest BCUT2D eigenvalue weighted by Gasteiger charge is -2.34. The van der Waals surface area contributed by atoms with Crippen molar-refractivity contribution in [3.63, 3.8) is 0 Å². The number of amides is 1. The van der Waals surface area contributed by atoms with Crippen LogP contribution in [-0.4, -0.2) is 40.3 Å². The first kappa shape index (κ1) is 20.4. The van der Waals surface area contributed by atoms with Crippen LogP contribution in [0.25, 0.3) is 0 Å². The number of halogens is 4. The minimum Gasteiger partial charge on any atom is -0.463 e. The van der Waals surface area contributed by atoms with E-state index >= 15 is 0 Å². The van der Waals surface area contributed by atoms with Crippen LogP contribution in [0.3, 0.4) is 0 Å². The number of nitrogens with zero attached hydrogens (tertiary/aromatic N) is 2. The minimum absolute atomic E-state index is 0.0918. The molecule has 0 bridgehead atoms. The van der Waals surface area contributed by atoms with E-state index in [9.17, 15) is 22.8 Å². The molecule has 27 heavy (non-hydrogen) atoms. The number of carbonyl (C=O) groups excluding carboxylic acids is 2. The van der Waals surface area contributed by atoms with Crippen molar-refractivity contribution in [2.45, 2.75) is 18.8 Å². The Morgan fingerprint density at radius 2 is 1.78 bits per heavy atom. The van der Waals surface area contributed by atoms with Crippen molar-refractivity contribution in [1.82, 2.24) is 15.3 Å². The summed E-state index contributed by atoms with van der Waals surface area (Å²) in [5.74, 6) is -3.55. The standard InChI is InChI=1S/C16H14ClF3N4O3/c1-2-27-13(26)15(16(18,19)20,24-14-21-8-5-9-22-14)23-12(25)10-6-3-4-7-11(10)17/h3-9H,2H2,1H3,(H,23,25)(H,21,22,24). The van der Waals surface area contributed by atoms with Gasteiger partial charge in [-0.25, -0.2) is 14.8 Å². The van der Waals surface area contributed by atoms with Crippen molar-refractivity contribution in [1.29, 1.82) is 0 Å². The maximum absolute atomic E-state index is 13.9. The predicted octanol–water partition coefficient (Wildman–Crippen LogP) is 2.79. The van der Waals surface area contributed by atoms with Crippen LogP contribution in [0.2, 0.25) is 5.02 Å². The van der Waals surface area contributed by atoms with Crippen LogP contribution < -0.4 is 10.6 Å². The van der Waals surface area contributed by atoms with Crippen molar-refractivity contribution in [2.24, 2.45) is 0 Å². The molecule has 11 heteroatoms. The van der Waals surface area contributed by atoms with Crippen LogP contribution in [-0.2, 0) is 9.53 Å². The molecule has 1 aromatic heterocycles. The highest BCUT2D eigenvalue weighted by Crippen LogP contribution is 2.33. The van der Waals surface area contributed by atoms with E-state index < -0.39 is 29.7 Å². The fraction of sp³-hybridized carbons (Fsp3) is 0.250. The van der Waals surface area contributed by atoms with E-state index in [0.29, 0.717) is 0 Å². The molecule has 1 heterocycles. The molecule has 2 aromatic rings. The number of nitrogens with one attached hydrogen (secondary N) is 2. The number of hydrogen-bond acceptors (Lipinski definition) is 6. The van der Waals surface area contributed by atoms with Crippen molar-refractivity contribution < 1.29 is 27.5 Å². The number of rotatable bonds is 6. The van der Waals surface area contributed by atoms with Crippen LogP contribution >= 0.6 is 11.6 Å². The first-order valence-electron chi connectivity index (χ1n) is 7.57. The molecule has 0 fully saturated rings. The summed E-state index contributed by atoms with van der Waals surface area (Å²) in [5, 5.41) is 3.40. The first-order chi connectivity index (χ1) is 12.7. The van der Waals surface area contributed by atoms with Gasteiger partial charge in [0.15, 0.2) is 0 Å². The minimum atomic E-state index is -5.30. The molecule has 0 spiro atoms. The van der Waals surface area contributed by atoms with Crippen LogP contribution in [0.1, 0.15) is 17.3 Å². The number of ether oxygens (including phenoxy) is 1. The number of anilines is 1. The van der Waals surface area contributed by atoms with Gasteiger partial charge in [0, 0.05) is 12.4 Å². The molecule has 1 atom stereocenters. The average Bonchev–Trinajstić information content (AvgIpc) is 2.61. The van der Waals surface area contributed by atoms with Gasteiger partial charge in [0.25, 0.3) is 5.91 Å². The van der Waals surface area contributed by atoms with E-state index in [4.69, 9.17) is 11.6 Å². The molecule has 144 valence electrons. The second kappa shape index (κ2) is 8.21. The van der Waals surface area contributed by atoms with Crippen LogP contribution in [0.5, 0.6) is 0 Å². The van der Waals surface area contributed by atoms with E-state index in [-0.39, 0.29) is 17.2 Å². The highest BCUT2D eigenvalue weighted by molar-refractivity contribution is 6.33. The zero-order chi connectivity index (χ0) is 20.1. The molecule has 2 N–H and O–H groups in total. The summed E-state index contributed by atoms with van der Waals surface area (Å²) in [4.78, 5) is 31.9. The molecule has 0 saturated carbocycles. The van der Waals surface area contributed by atoms with Gasteiger partial charge in [-0.1, -0.05) is 23.7 Å². The Morgan fingerprint density at radius 1 is 1.15 bits per heavy atom. The lowest BCUT2D eigenvalue weighted by atomic mass is 10.1. The Bertz CT molecular complexity index is 820. The van der Waals surface area contributed by atoms with Gasteiger partial charge in [-0.05, 0) is 25.1 Å². The highest BCUT2D eigenvalue weighted by atomic mass is 35.5. The van der Waals surface area contributed by atoms with Crippen LogP contribution in [0.15, 0.2) is 42.7 Å². The predicted molar refractivity (Wildman–Crippen MR) is 90.0 cm³/mol. The topological polar surface area (TPSA) is 93.2 Å². The van der Waals surface area contributed by atoms with E-state index in [2.05, 4.69) is 14.7 Å². The fourth-order valence-corrected chi connectivity index (χ4v) is 2.27. The fourth-order valence-electron chi connectivity index (χ4n) is 2.04. The Morgan fingerprint density at radius 3 is 2.33 bits per heavy atom. The van der Waals surface area contributed by atoms with Crippen molar-refractivity contribution in [3.05, 3.63) is 53.3 Å². The third kappa shape index (κ3) is 4.45. The number of aromatic nitrogens is 2. The van der Waals surface area contributed by atoms with E-state index in [1.165, 1.54) is 37.3 Å². The van der Waals surface area contributed by atoms with E-state index in [1.54, 1.807) is 5.32 Å². The monoisotopic (exact) mass is 402 g/mol. The van der Waals surface area contributed by atoms with Gasteiger partial charge in [0.05, 0.1) is 17.2 Å². The molecule has 2 rings (SSSR count). The van der Waals surface area contributed by atoms with Gasteiger partial charge >= 0.3 is 17.8 Å². The van der Waals surface area contributed by atoms with Gasteiger partial charge in [-0.15, -0.1) is 0 Å². The third-order valence-corrected chi connectivity index (χ3v) is 3.62. The zero-order valence-corrected chi connectivity index (χ0v) is 14.6. The van der Waals surface area contributed by atoms with Crippen LogP contribution in [0, 0.1) is 0 Å². The summed E-state index contributed by atoms with van der Waals surface area (Å²) in [6, 6.07) is 6.81. The van der Waals surface area contributed by atoms with Crippen LogP contribution in [0.4, 0.5) is 19.1 Å². The maximum Gasteiger partial charge on any atom is 0.442 e. The summed E-state index contributed by atoms with van der Waals surface area (Å²) in [7, 11) is 0. The summed E-state index contributed by atoms with van der Waals surface area (Å²) >= 11 is 5.86. The second-order valence-corrected chi connectivity index (χ2v) is 5.51. The van der Waals surface area contributed by atoms with Gasteiger partial charge in [0.2, 0.25) is 5.95 Å². The Hall–Kier alpha value is -2.88.